The number of carboxylic acid groups (broad SMARTS) is 1. The lowest BCUT2D eigenvalue weighted by atomic mass is 9.32. The fourth-order valence-electron chi connectivity index (χ4n) is 13.2. The maximum Gasteiger partial charge on any atom is 0.309 e. The van der Waals surface area contributed by atoms with Crippen LogP contribution in [0, 0.1) is 62.1 Å². The first-order valence-corrected chi connectivity index (χ1v) is 18.7. The van der Waals surface area contributed by atoms with Gasteiger partial charge in [-0.3, -0.25) is 9.59 Å². The molecule has 0 aromatic rings. The molecule has 5 aliphatic rings. The van der Waals surface area contributed by atoms with Gasteiger partial charge in [-0.1, -0.05) is 53.7 Å². The molecule has 0 amide bonds. The summed E-state index contributed by atoms with van der Waals surface area (Å²) in [5, 5.41) is 13.3. The Morgan fingerprint density at radius 2 is 1.60 bits per heavy atom. The Hall–Kier alpha value is -1.36. The average Bonchev–Trinajstić information content (AvgIpc) is 3.33. The predicted octanol–water partition coefficient (Wildman–Crippen LogP) is 9.45. The Morgan fingerprint density at radius 1 is 0.889 bits per heavy atom. The van der Waals surface area contributed by atoms with Crippen LogP contribution >= 0.6 is 0 Å². The van der Waals surface area contributed by atoms with Crippen molar-refractivity contribution < 1.29 is 19.4 Å². The minimum absolute atomic E-state index is 0.0835. The molecule has 0 spiro atoms. The smallest absolute Gasteiger partial charge is 0.309 e. The highest BCUT2D eigenvalue weighted by molar-refractivity contribution is 5.81. The van der Waals surface area contributed by atoms with Gasteiger partial charge in [0.2, 0.25) is 0 Å². The topological polar surface area (TPSA) is 75.6 Å². The van der Waals surface area contributed by atoms with Crippen molar-refractivity contribution in [2.24, 2.45) is 62.1 Å². The van der Waals surface area contributed by atoms with Gasteiger partial charge in [0, 0.05) is 5.41 Å². The molecular weight excluding hydrogens is 558 g/mol. The summed E-state index contributed by atoms with van der Waals surface area (Å²) in [6.07, 6.45) is 14.8. The van der Waals surface area contributed by atoms with Gasteiger partial charge in [-0.25, -0.2) is 0 Å². The zero-order chi connectivity index (χ0) is 33.2. The molecule has 2 unspecified atom stereocenters. The van der Waals surface area contributed by atoms with Crippen LogP contribution in [0.15, 0.2) is 12.2 Å². The highest BCUT2D eigenvalue weighted by Crippen LogP contribution is 2.78. The van der Waals surface area contributed by atoms with E-state index in [0.717, 1.165) is 37.8 Å². The van der Waals surface area contributed by atoms with E-state index in [-0.39, 0.29) is 29.3 Å². The van der Waals surface area contributed by atoms with Gasteiger partial charge in [-0.15, -0.1) is 0 Å². The number of carboxylic acids is 1. The number of rotatable bonds is 10. The monoisotopic (exact) mass is 626 g/mol. The number of hydrogen-bond donors (Lipinski definition) is 2. The lowest BCUT2D eigenvalue weighted by Crippen LogP contribution is -2.66. The number of esters is 1. The largest absolute Gasteiger partial charge is 0.481 e. The molecule has 0 aromatic carbocycles. The summed E-state index contributed by atoms with van der Waals surface area (Å²) in [6.45, 7) is 27.4. The molecule has 5 nitrogen and oxygen atoms in total. The van der Waals surface area contributed by atoms with E-state index in [1.165, 1.54) is 69.8 Å². The van der Waals surface area contributed by atoms with Crippen molar-refractivity contribution in [3.63, 3.8) is 0 Å². The van der Waals surface area contributed by atoms with Crippen LogP contribution in [0.4, 0.5) is 0 Å². The van der Waals surface area contributed by atoms with Gasteiger partial charge in [-0.2, -0.15) is 0 Å². The summed E-state index contributed by atoms with van der Waals surface area (Å²) in [6, 6.07) is 0. The first-order chi connectivity index (χ1) is 20.9. The number of hydrogen-bond acceptors (Lipinski definition) is 4. The predicted molar refractivity (Wildman–Crippen MR) is 183 cm³/mol. The Balaban J connectivity index is 1.39. The molecule has 10 atom stereocenters. The lowest BCUT2D eigenvalue weighted by Gasteiger charge is -2.73. The van der Waals surface area contributed by atoms with Gasteiger partial charge >= 0.3 is 11.9 Å². The van der Waals surface area contributed by atoms with Gasteiger partial charge in [0.1, 0.15) is 6.10 Å². The fraction of sp³-hybridized carbons (Fsp3) is 0.900. The van der Waals surface area contributed by atoms with Crippen LogP contribution in [0.2, 0.25) is 0 Å². The van der Waals surface area contributed by atoms with Gasteiger partial charge in [0.15, 0.2) is 0 Å². The van der Waals surface area contributed by atoms with Crippen LogP contribution in [-0.2, 0) is 14.3 Å². The molecule has 0 heterocycles. The third kappa shape index (κ3) is 5.45. The van der Waals surface area contributed by atoms with E-state index in [1.54, 1.807) is 13.8 Å². The molecule has 0 saturated heterocycles. The number of aliphatic carboxylic acids is 1. The highest BCUT2D eigenvalue weighted by atomic mass is 16.5. The summed E-state index contributed by atoms with van der Waals surface area (Å²) in [5.74, 6) is 2.05. The number of allylic oxidation sites excluding steroid dienone is 1. The zero-order valence-corrected chi connectivity index (χ0v) is 30.4. The number of ether oxygens (including phenoxy) is 1. The van der Waals surface area contributed by atoms with Gasteiger partial charge in [0.25, 0.3) is 0 Å². The van der Waals surface area contributed by atoms with E-state index in [4.69, 9.17) is 4.74 Å². The van der Waals surface area contributed by atoms with Crippen molar-refractivity contribution in [1.82, 2.24) is 5.32 Å². The van der Waals surface area contributed by atoms with Gasteiger partial charge in [-0.05, 0) is 162 Å². The summed E-state index contributed by atoms with van der Waals surface area (Å²) >= 11 is 0. The number of carbonyl (C=O) groups excluding carboxylic acids is 1. The molecule has 256 valence electrons. The standard InChI is InChI=1S/C40H67NO4/c1-11-23-41-24-22-40-19-14-27(26(2)3)33(40)28-12-13-30-37(8)17-16-31(45-32(42)25-35(4,5)34(43)44)36(6,7)29(37)15-18-39(30,10)38(28,9)20-21-40/h27-31,33,41H,2,11-25H2,1,3-10H3,(H,43,44)/t27-,28+,29?,30?,31-,33+,37-,38+,39+,40+/m0/s1. The average molecular weight is 626 g/mol. The molecule has 5 aliphatic carbocycles. The first kappa shape index (κ1) is 35.0. The van der Waals surface area contributed by atoms with E-state index in [1.807, 2.05) is 0 Å². The molecule has 5 heteroatoms. The fourth-order valence-corrected chi connectivity index (χ4v) is 13.2. The van der Waals surface area contributed by atoms with Crippen molar-refractivity contribution in [2.45, 2.75) is 152 Å². The minimum atomic E-state index is -1.11. The molecule has 2 N–H and O–H groups in total. The van der Waals surface area contributed by atoms with Crippen molar-refractivity contribution in [3.05, 3.63) is 12.2 Å². The summed E-state index contributed by atoms with van der Waals surface area (Å²) < 4.78 is 6.18. The van der Waals surface area contributed by atoms with Crippen LogP contribution in [0.5, 0.6) is 0 Å². The Kier molecular flexibility index (Phi) is 9.29. The quantitative estimate of drug-likeness (QED) is 0.144. The van der Waals surface area contributed by atoms with Gasteiger partial charge in [0.05, 0.1) is 11.8 Å². The Labute approximate surface area is 275 Å². The second-order valence-electron chi connectivity index (χ2n) is 18.8. The number of fused-ring (bicyclic) bond motifs is 7. The van der Waals surface area contributed by atoms with Gasteiger partial charge < -0.3 is 15.2 Å². The zero-order valence-electron chi connectivity index (χ0n) is 30.4. The van der Waals surface area contributed by atoms with E-state index in [0.29, 0.717) is 34.0 Å². The minimum Gasteiger partial charge on any atom is -0.481 e. The lowest BCUT2D eigenvalue weighted by molar-refractivity contribution is -0.250. The van der Waals surface area contributed by atoms with Crippen molar-refractivity contribution in [1.29, 1.82) is 0 Å². The second kappa shape index (κ2) is 12.0. The molecule has 0 radical (unpaired) electrons. The molecule has 5 fully saturated rings. The van der Waals surface area contributed by atoms with Crippen LogP contribution in [0.25, 0.3) is 0 Å². The summed E-state index contributed by atoms with van der Waals surface area (Å²) in [4.78, 5) is 24.7. The third-order valence-corrected chi connectivity index (χ3v) is 15.8. The van der Waals surface area contributed by atoms with E-state index in [9.17, 15) is 14.7 Å². The van der Waals surface area contributed by atoms with Crippen molar-refractivity contribution in [2.75, 3.05) is 13.1 Å². The third-order valence-electron chi connectivity index (χ3n) is 15.8. The summed E-state index contributed by atoms with van der Waals surface area (Å²) in [5.41, 5.74) is 1.50. The Bertz CT molecular complexity index is 1160. The van der Waals surface area contributed by atoms with E-state index < -0.39 is 11.4 Å². The SMILES string of the molecule is C=C(C)[C@@H]1CC[C@]2(CCNCCC)CC[C@]3(C)[C@H](CCC4[C@@]5(C)CC[C@H](OC(=O)CC(C)(C)C(=O)O)C(C)(C)C5CC[C@]43C)[C@@H]12. The van der Waals surface area contributed by atoms with Crippen LogP contribution in [0.1, 0.15) is 146 Å². The highest BCUT2D eigenvalue weighted by Gasteiger charge is 2.71. The van der Waals surface area contributed by atoms with Crippen molar-refractivity contribution >= 4 is 11.9 Å². The maximum absolute atomic E-state index is 13.0. The maximum atomic E-state index is 13.0. The second-order valence-corrected chi connectivity index (χ2v) is 18.8. The number of nitrogens with one attached hydrogen (secondary N) is 1. The molecule has 0 bridgehead atoms. The van der Waals surface area contributed by atoms with E-state index in [2.05, 4.69) is 60.4 Å². The Morgan fingerprint density at radius 3 is 2.24 bits per heavy atom. The van der Waals surface area contributed by atoms with Crippen molar-refractivity contribution in [3.8, 4) is 0 Å². The van der Waals surface area contributed by atoms with Crippen LogP contribution < -0.4 is 5.32 Å². The molecule has 5 saturated carbocycles. The normalized spacial score (nSPS) is 43.8. The molecule has 0 aliphatic heterocycles. The first-order valence-electron chi connectivity index (χ1n) is 18.7. The van der Waals surface area contributed by atoms with E-state index >= 15 is 0 Å². The summed E-state index contributed by atoms with van der Waals surface area (Å²) in [7, 11) is 0. The molecular formula is C40H67NO4. The van der Waals surface area contributed by atoms with Crippen LogP contribution in [-0.4, -0.2) is 36.2 Å². The van der Waals surface area contributed by atoms with Crippen LogP contribution in [0.3, 0.4) is 0 Å². The molecule has 45 heavy (non-hydrogen) atoms. The number of carbonyl (C=O) groups is 2. The molecule has 5 rings (SSSR count). The molecule has 0 aromatic heterocycles.